The number of carbonyl (C=O) groups is 4. The van der Waals surface area contributed by atoms with Crippen molar-refractivity contribution in [3.8, 4) is 5.75 Å². The molecule has 4 aromatic rings. The Kier molecular flexibility index (Phi) is 13.2. The highest BCUT2D eigenvalue weighted by Crippen LogP contribution is 2.33. The number of benzene rings is 3. The number of thiazole rings is 1. The molecule has 53 heavy (non-hydrogen) atoms. The molecule has 4 amide bonds. The van der Waals surface area contributed by atoms with Crippen molar-refractivity contribution in [2.75, 3.05) is 36.9 Å². The molecule has 3 aromatic carbocycles. The molecule has 2 heterocycles. The van der Waals surface area contributed by atoms with E-state index < -0.39 is 0 Å². The Hall–Kier alpha value is -5.11. The van der Waals surface area contributed by atoms with E-state index in [0.29, 0.717) is 46.9 Å². The summed E-state index contributed by atoms with van der Waals surface area (Å²) >= 11 is 1.59. The molecule has 1 fully saturated rings. The van der Waals surface area contributed by atoms with Crippen LogP contribution in [0.1, 0.15) is 87.3 Å². The smallest absolute Gasteiger partial charge is 0.262 e. The molecule has 1 aromatic heterocycles. The fourth-order valence-electron chi connectivity index (χ4n) is 6.20. The van der Waals surface area contributed by atoms with E-state index in [4.69, 9.17) is 10.5 Å². The van der Waals surface area contributed by atoms with Crippen molar-refractivity contribution in [3.05, 3.63) is 106 Å². The van der Waals surface area contributed by atoms with E-state index in [2.05, 4.69) is 26.3 Å². The molecule has 12 nitrogen and oxygen atoms in total. The third-order valence-corrected chi connectivity index (χ3v) is 9.87. The number of hydrogen-bond donors (Lipinski definition) is 5. The minimum atomic E-state index is -0.293. The van der Waals surface area contributed by atoms with Gasteiger partial charge in [-0.25, -0.2) is 4.98 Å². The third-order valence-electron chi connectivity index (χ3n) is 9.24. The molecule has 13 heteroatoms. The van der Waals surface area contributed by atoms with Gasteiger partial charge < -0.3 is 36.6 Å². The van der Waals surface area contributed by atoms with Crippen LogP contribution in [0.4, 0.5) is 11.4 Å². The fraction of sp³-hybridized carbons (Fsp3) is 0.375. The highest BCUT2D eigenvalue weighted by Gasteiger charge is 2.33. The third kappa shape index (κ3) is 11.2. The fourth-order valence-corrected chi connectivity index (χ4v) is 6.77. The van der Waals surface area contributed by atoms with Gasteiger partial charge in [-0.3, -0.25) is 19.2 Å². The Bertz CT molecular complexity index is 1860. The molecule has 1 aliphatic carbocycles. The Morgan fingerprint density at radius 2 is 1.70 bits per heavy atom. The van der Waals surface area contributed by atoms with Gasteiger partial charge in [-0.05, 0) is 86.3 Å². The topological polar surface area (TPSA) is 168 Å². The highest BCUT2D eigenvalue weighted by atomic mass is 32.1. The lowest BCUT2D eigenvalue weighted by Gasteiger charge is -2.24. The first kappa shape index (κ1) is 37.6. The van der Waals surface area contributed by atoms with Crippen LogP contribution in [0.25, 0.3) is 0 Å². The van der Waals surface area contributed by atoms with Gasteiger partial charge in [0.1, 0.15) is 5.75 Å². The zero-order valence-electron chi connectivity index (χ0n) is 29.8. The van der Waals surface area contributed by atoms with Gasteiger partial charge in [0.15, 0.2) is 6.61 Å². The monoisotopic (exact) mass is 737 g/mol. The number of rotatable bonds is 19. The van der Waals surface area contributed by atoms with Gasteiger partial charge in [0, 0.05) is 65.9 Å². The maximum Gasteiger partial charge on any atom is 0.262 e. The van der Waals surface area contributed by atoms with Crippen LogP contribution in [0.3, 0.4) is 0 Å². The number of unbranched alkanes of at least 4 members (excludes halogenated alkanes) is 4. The van der Waals surface area contributed by atoms with Crippen molar-refractivity contribution >= 4 is 46.3 Å². The zero-order chi connectivity index (χ0) is 37.0. The molecular formula is C40H47N7O5S. The average Bonchev–Trinajstić information content (AvgIpc) is 3.89. The average molecular weight is 738 g/mol. The number of nitrogens with zero attached hydrogens (tertiary/aromatic N) is 2. The van der Waals surface area contributed by atoms with E-state index in [1.807, 2.05) is 27.9 Å². The number of nitrogens with two attached hydrogens (primary N) is 1. The Labute approximate surface area is 313 Å². The standard InChI is InChI=1S/C40H47N7O5S/c41-31(21-33-25-53-26-44-33)22-42-17-4-2-1-3-5-18-43-38(49)29-7-6-8-32(19-29)45-39(50)28-11-9-27(10-12-28)23-47(34-14-15-34)40(51)30-13-16-35-36(20-30)52-24-37(48)46-35/h6-13,16,19-20,25-26,31,34,42H,1-5,14-15,17-18,21-24,41H2,(H,43,49)(H,45,50)(H,46,48)/t31-/m0/s1. The van der Waals surface area contributed by atoms with Crippen LogP contribution in [-0.4, -0.2) is 71.8 Å². The number of aromatic nitrogens is 1. The molecule has 6 N–H and O–H groups in total. The van der Waals surface area contributed by atoms with Gasteiger partial charge in [0.2, 0.25) is 0 Å². The number of nitrogens with one attached hydrogen (secondary N) is 4. The number of fused-ring (bicyclic) bond motifs is 1. The Morgan fingerprint density at radius 1 is 0.925 bits per heavy atom. The van der Waals surface area contributed by atoms with Crippen LogP contribution in [0.2, 0.25) is 0 Å². The maximum absolute atomic E-state index is 13.5. The van der Waals surface area contributed by atoms with Crippen molar-refractivity contribution in [2.45, 2.75) is 70.0 Å². The minimum Gasteiger partial charge on any atom is -0.482 e. The molecule has 0 bridgehead atoms. The van der Waals surface area contributed by atoms with E-state index in [1.165, 1.54) is 0 Å². The van der Waals surface area contributed by atoms with Crippen molar-refractivity contribution in [3.63, 3.8) is 0 Å². The summed E-state index contributed by atoms with van der Waals surface area (Å²) in [5, 5.41) is 14.1. The van der Waals surface area contributed by atoms with Crippen LogP contribution in [-0.2, 0) is 17.8 Å². The van der Waals surface area contributed by atoms with Gasteiger partial charge >= 0.3 is 0 Å². The summed E-state index contributed by atoms with van der Waals surface area (Å²) in [6, 6.07) is 19.4. The van der Waals surface area contributed by atoms with Crippen molar-refractivity contribution in [2.24, 2.45) is 5.73 Å². The summed E-state index contributed by atoms with van der Waals surface area (Å²) < 4.78 is 5.50. The second-order valence-electron chi connectivity index (χ2n) is 13.6. The molecule has 278 valence electrons. The molecular weight excluding hydrogens is 691 g/mol. The van der Waals surface area contributed by atoms with E-state index >= 15 is 0 Å². The second-order valence-corrected chi connectivity index (χ2v) is 14.3. The van der Waals surface area contributed by atoms with Crippen LogP contribution in [0.15, 0.2) is 77.6 Å². The summed E-state index contributed by atoms with van der Waals surface area (Å²) in [6.45, 7) is 2.64. The summed E-state index contributed by atoms with van der Waals surface area (Å²) in [4.78, 5) is 57.2. The second kappa shape index (κ2) is 18.6. The lowest BCUT2D eigenvalue weighted by molar-refractivity contribution is -0.118. The number of ether oxygens (including phenoxy) is 1. The van der Waals surface area contributed by atoms with Gasteiger partial charge in [0.25, 0.3) is 23.6 Å². The summed E-state index contributed by atoms with van der Waals surface area (Å²) in [5.41, 5.74) is 12.5. The molecule has 6 rings (SSSR count). The van der Waals surface area contributed by atoms with E-state index in [1.54, 1.807) is 65.9 Å². The lowest BCUT2D eigenvalue weighted by atomic mass is 10.1. The first-order valence-electron chi connectivity index (χ1n) is 18.3. The van der Waals surface area contributed by atoms with Gasteiger partial charge in [-0.2, -0.15) is 0 Å². The summed E-state index contributed by atoms with van der Waals surface area (Å²) in [5.74, 6) is -0.317. The van der Waals surface area contributed by atoms with Crippen molar-refractivity contribution in [1.29, 1.82) is 0 Å². The molecule has 0 unspecified atom stereocenters. The molecule has 0 spiro atoms. The van der Waals surface area contributed by atoms with Gasteiger partial charge in [-0.15, -0.1) is 11.3 Å². The van der Waals surface area contributed by atoms with E-state index in [9.17, 15) is 19.2 Å². The SMILES string of the molecule is N[C@H](CNCCCCCCCNC(=O)c1cccc(NC(=O)c2ccc(CN(C(=O)c3ccc4c(c3)OCC(=O)N4)C3CC3)cc2)c1)Cc1cscn1. The molecule has 1 saturated carbocycles. The normalized spacial score (nSPS) is 14.0. The summed E-state index contributed by atoms with van der Waals surface area (Å²) in [7, 11) is 0. The number of carbonyl (C=O) groups excluding carboxylic acids is 4. The Balaban J connectivity index is 0.892. The Morgan fingerprint density at radius 3 is 2.47 bits per heavy atom. The largest absolute Gasteiger partial charge is 0.482 e. The first-order valence-corrected chi connectivity index (χ1v) is 19.3. The van der Waals surface area contributed by atoms with Crippen LogP contribution >= 0.6 is 11.3 Å². The van der Waals surface area contributed by atoms with Crippen LogP contribution in [0.5, 0.6) is 5.75 Å². The van der Waals surface area contributed by atoms with E-state index in [-0.39, 0.29) is 42.3 Å². The predicted octanol–water partition coefficient (Wildman–Crippen LogP) is 5.37. The quantitative estimate of drug-likeness (QED) is 0.0801. The first-order chi connectivity index (χ1) is 25.8. The number of amides is 4. The van der Waals surface area contributed by atoms with Crippen LogP contribution < -0.4 is 31.7 Å². The van der Waals surface area contributed by atoms with Crippen molar-refractivity contribution < 1.29 is 23.9 Å². The zero-order valence-corrected chi connectivity index (χ0v) is 30.6. The van der Waals surface area contributed by atoms with Gasteiger partial charge in [0.05, 0.1) is 16.9 Å². The van der Waals surface area contributed by atoms with Gasteiger partial charge in [-0.1, -0.05) is 37.5 Å². The number of anilines is 2. The molecule has 0 saturated heterocycles. The lowest BCUT2D eigenvalue weighted by Crippen LogP contribution is -2.36. The molecule has 0 radical (unpaired) electrons. The van der Waals surface area contributed by atoms with Crippen molar-refractivity contribution in [1.82, 2.24) is 20.5 Å². The molecule has 1 aliphatic heterocycles. The molecule has 1 atom stereocenters. The number of hydrogen-bond acceptors (Lipinski definition) is 9. The summed E-state index contributed by atoms with van der Waals surface area (Å²) in [6.07, 6.45) is 7.94. The minimum absolute atomic E-state index is 0.0727. The molecule has 2 aliphatic rings. The highest BCUT2D eigenvalue weighted by molar-refractivity contribution is 7.07. The maximum atomic E-state index is 13.5. The predicted molar refractivity (Wildman–Crippen MR) is 206 cm³/mol. The van der Waals surface area contributed by atoms with Crippen LogP contribution in [0, 0.1) is 0 Å². The van der Waals surface area contributed by atoms with E-state index in [0.717, 1.165) is 75.7 Å².